The molecular formula is C24H32ClN3O3S. The lowest BCUT2D eigenvalue weighted by molar-refractivity contribution is 0.102. The van der Waals surface area contributed by atoms with E-state index in [4.69, 9.17) is 11.6 Å². The van der Waals surface area contributed by atoms with E-state index in [9.17, 15) is 13.2 Å². The van der Waals surface area contributed by atoms with Crippen molar-refractivity contribution in [2.75, 3.05) is 36.4 Å². The molecule has 2 aromatic carbocycles. The molecule has 2 aromatic rings. The average Bonchev–Trinajstić information content (AvgIpc) is 2.77. The van der Waals surface area contributed by atoms with E-state index in [0.717, 1.165) is 37.2 Å². The molecule has 0 aromatic heterocycles. The molecule has 32 heavy (non-hydrogen) atoms. The first-order valence-electron chi connectivity index (χ1n) is 11.1. The predicted molar refractivity (Wildman–Crippen MR) is 131 cm³/mol. The Hall–Kier alpha value is -2.09. The van der Waals surface area contributed by atoms with Gasteiger partial charge in [0.15, 0.2) is 0 Å². The molecule has 1 N–H and O–H groups in total. The number of rotatable bonds is 7. The molecule has 0 spiro atoms. The summed E-state index contributed by atoms with van der Waals surface area (Å²) in [6, 6.07) is 10.2. The predicted octanol–water partition coefficient (Wildman–Crippen LogP) is 5.17. The topological polar surface area (TPSA) is 69.7 Å². The molecule has 6 nitrogen and oxygen atoms in total. The van der Waals surface area contributed by atoms with Gasteiger partial charge in [-0.2, -0.15) is 4.31 Å². The van der Waals surface area contributed by atoms with E-state index in [2.05, 4.69) is 17.1 Å². The molecule has 1 heterocycles. The summed E-state index contributed by atoms with van der Waals surface area (Å²) in [5.41, 5.74) is 2.60. The third-order valence-electron chi connectivity index (χ3n) is 6.13. The quantitative estimate of drug-likeness (QED) is 0.597. The molecular weight excluding hydrogens is 446 g/mol. The van der Waals surface area contributed by atoms with Crippen molar-refractivity contribution in [2.24, 2.45) is 5.92 Å². The summed E-state index contributed by atoms with van der Waals surface area (Å²) in [6.45, 7) is 10.1. The molecule has 1 aliphatic heterocycles. The summed E-state index contributed by atoms with van der Waals surface area (Å²) >= 11 is 6.12. The van der Waals surface area contributed by atoms with Crippen molar-refractivity contribution in [1.29, 1.82) is 0 Å². The molecule has 8 heteroatoms. The number of halogens is 1. The first-order valence-corrected chi connectivity index (χ1v) is 13.0. The molecule has 0 aliphatic carbocycles. The fourth-order valence-electron chi connectivity index (χ4n) is 4.01. The Morgan fingerprint density at radius 1 is 1.12 bits per heavy atom. The van der Waals surface area contributed by atoms with Gasteiger partial charge >= 0.3 is 0 Å². The highest BCUT2D eigenvalue weighted by Gasteiger charge is 2.27. The van der Waals surface area contributed by atoms with Gasteiger partial charge in [0.05, 0.1) is 10.5 Å². The molecule has 0 saturated carbocycles. The first-order chi connectivity index (χ1) is 15.2. The summed E-state index contributed by atoms with van der Waals surface area (Å²) in [5, 5.41) is 3.46. The van der Waals surface area contributed by atoms with Crippen molar-refractivity contribution in [3.63, 3.8) is 0 Å². The van der Waals surface area contributed by atoms with Crippen molar-refractivity contribution >= 4 is 38.9 Å². The van der Waals surface area contributed by atoms with Crippen LogP contribution in [0.15, 0.2) is 41.3 Å². The van der Waals surface area contributed by atoms with E-state index >= 15 is 0 Å². The number of aryl methyl sites for hydroxylation is 1. The van der Waals surface area contributed by atoms with Gasteiger partial charge in [0.2, 0.25) is 10.0 Å². The highest BCUT2D eigenvalue weighted by molar-refractivity contribution is 7.89. The molecule has 174 valence electrons. The van der Waals surface area contributed by atoms with E-state index in [0.29, 0.717) is 35.3 Å². The number of carbonyl (C=O) groups excluding carboxylic acids is 1. The number of hydrogen-bond acceptors (Lipinski definition) is 4. The van der Waals surface area contributed by atoms with Gasteiger partial charge in [-0.25, -0.2) is 8.42 Å². The monoisotopic (exact) mass is 477 g/mol. The van der Waals surface area contributed by atoms with E-state index < -0.39 is 10.0 Å². The molecule has 1 saturated heterocycles. The molecule has 0 atom stereocenters. The van der Waals surface area contributed by atoms with Crippen LogP contribution in [0.5, 0.6) is 0 Å². The minimum atomic E-state index is -3.69. The van der Waals surface area contributed by atoms with E-state index in [1.807, 2.05) is 13.0 Å². The van der Waals surface area contributed by atoms with Crippen LogP contribution in [0.1, 0.15) is 49.5 Å². The van der Waals surface area contributed by atoms with Crippen LogP contribution in [0, 0.1) is 12.8 Å². The number of anilines is 2. The fourth-order valence-corrected chi connectivity index (χ4v) is 5.67. The van der Waals surface area contributed by atoms with Crippen LogP contribution >= 0.6 is 11.6 Å². The SMILES string of the molecule is CCN(CC)S(=O)(=O)c1ccc(N2CCC(C)CC2)c(C(=O)Nc2cc(Cl)ccc2C)c1. The number of piperidine rings is 1. The lowest BCUT2D eigenvalue weighted by Crippen LogP contribution is -2.35. The van der Waals surface area contributed by atoms with Crippen LogP contribution in [0.25, 0.3) is 0 Å². The number of sulfonamides is 1. The number of nitrogens with one attached hydrogen (secondary N) is 1. The van der Waals surface area contributed by atoms with Gasteiger partial charge in [-0.1, -0.05) is 38.4 Å². The maximum atomic E-state index is 13.4. The zero-order valence-corrected chi connectivity index (χ0v) is 20.8. The second-order valence-corrected chi connectivity index (χ2v) is 10.7. The Morgan fingerprint density at radius 2 is 1.78 bits per heavy atom. The molecule has 0 unspecified atom stereocenters. The maximum Gasteiger partial charge on any atom is 0.257 e. The van der Waals surface area contributed by atoms with Crippen molar-refractivity contribution in [2.45, 2.75) is 45.4 Å². The van der Waals surface area contributed by atoms with Gasteiger partial charge in [0.25, 0.3) is 5.91 Å². The largest absolute Gasteiger partial charge is 0.371 e. The third-order valence-corrected chi connectivity index (χ3v) is 8.41. The normalized spacial score (nSPS) is 15.2. The van der Waals surface area contributed by atoms with Crippen molar-refractivity contribution in [3.8, 4) is 0 Å². The molecule has 0 bridgehead atoms. The van der Waals surface area contributed by atoms with Crippen molar-refractivity contribution in [1.82, 2.24) is 4.31 Å². The molecule has 0 radical (unpaired) electrons. The van der Waals surface area contributed by atoms with Gasteiger partial charge in [-0.05, 0) is 61.6 Å². The van der Waals surface area contributed by atoms with Crippen LogP contribution in [-0.4, -0.2) is 44.8 Å². The smallest absolute Gasteiger partial charge is 0.257 e. The van der Waals surface area contributed by atoms with Gasteiger partial charge < -0.3 is 10.2 Å². The standard InChI is InChI=1S/C24H32ClN3O3S/c1-5-28(6-2)32(30,31)20-9-10-23(27-13-11-17(3)12-14-27)21(16-20)24(29)26-22-15-19(25)8-7-18(22)4/h7-10,15-17H,5-6,11-14H2,1-4H3,(H,26,29). The molecule has 1 aliphatic rings. The highest BCUT2D eigenvalue weighted by Crippen LogP contribution is 2.31. The Labute approximate surface area is 196 Å². The number of hydrogen-bond donors (Lipinski definition) is 1. The maximum absolute atomic E-state index is 13.4. The Bertz CT molecular complexity index is 1080. The Morgan fingerprint density at radius 3 is 2.41 bits per heavy atom. The van der Waals surface area contributed by atoms with Crippen LogP contribution in [-0.2, 0) is 10.0 Å². The van der Waals surface area contributed by atoms with Crippen molar-refractivity contribution < 1.29 is 13.2 Å². The second kappa shape index (κ2) is 10.2. The van der Waals surface area contributed by atoms with E-state index in [-0.39, 0.29) is 10.8 Å². The minimum Gasteiger partial charge on any atom is -0.371 e. The summed E-state index contributed by atoms with van der Waals surface area (Å²) in [4.78, 5) is 15.7. The third kappa shape index (κ3) is 5.27. The summed E-state index contributed by atoms with van der Waals surface area (Å²) in [6.07, 6.45) is 2.07. The van der Waals surface area contributed by atoms with Crippen LogP contribution < -0.4 is 10.2 Å². The van der Waals surface area contributed by atoms with Crippen LogP contribution in [0.4, 0.5) is 11.4 Å². The summed E-state index contributed by atoms with van der Waals surface area (Å²) in [5.74, 6) is 0.292. The lowest BCUT2D eigenvalue weighted by Gasteiger charge is -2.33. The molecule has 1 amide bonds. The Balaban J connectivity index is 2.04. The van der Waals surface area contributed by atoms with E-state index in [1.54, 1.807) is 38.1 Å². The second-order valence-electron chi connectivity index (χ2n) is 8.35. The fraction of sp³-hybridized carbons (Fsp3) is 0.458. The summed E-state index contributed by atoms with van der Waals surface area (Å²) < 4.78 is 27.6. The van der Waals surface area contributed by atoms with Crippen molar-refractivity contribution in [3.05, 3.63) is 52.5 Å². The first kappa shape index (κ1) is 24.6. The number of nitrogens with zero attached hydrogens (tertiary/aromatic N) is 2. The molecule has 3 rings (SSSR count). The number of amides is 1. The van der Waals surface area contributed by atoms with Crippen LogP contribution in [0.3, 0.4) is 0 Å². The van der Waals surface area contributed by atoms with Gasteiger partial charge in [0.1, 0.15) is 0 Å². The number of carbonyl (C=O) groups is 1. The lowest BCUT2D eigenvalue weighted by atomic mass is 9.98. The molecule has 1 fully saturated rings. The average molecular weight is 478 g/mol. The minimum absolute atomic E-state index is 0.128. The van der Waals surface area contributed by atoms with Gasteiger partial charge in [-0.3, -0.25) is 4.79 Å². The van der Waals surface area contributed by atoms with E-state index in [1.165, 1.54) is 10.4 Å². The van der Waals surface area contributed by atoms with Crippen LogP contribution in [0.2, 0.25) is 5.02 Å². The highest BCUT2D eigenvalue weighted by atomic mass is 35.5. The van der Waals surface area contributed by atoms with Gasteiger partial charge in [0, 0.05) is 42.6 Å². The van der Waals surface area contributed by atoms with Gasteiger partial charge in [-0.15, -0.1) is 0 Å². The zero-order valence-electron chi connectivity index (χ0n) is 19.2. The number of benzene rings is 2. The zero-order chi connectivity index (χ0) is 23.5. The Kier molecular flexibility index (Phi) is 7.85. The summed E-state index contributed by atoms with van der Waals surface area (Å²) in [7, 11) is -3.69.